The molecule has 0 saturated carbocycles. The largest absolute Gasteiger partial charge is 0.370 e. The van der Waals surface area contributed by atoms with E-state index in [4.69, 9.17) is 11.5 Å². The minimum Gasteiger partial charge on any atom is -0.370 e. The summed E-state index contributed by atoms with van der Waals surface area (Å²) in [6.07, 6.45) is 1.07. The summed E-state index contributed by atoms with van der Waals surface area (Å²) in [4.78, 5) is 15.7. The van der Waals surface area contributed by atoms with Crippen LogP contribution in [0.15, 0.2) is 22.0 Å². The van der Waals surface area contributed by atoms with E-state index in [1.807, 2.05) is 6.92 Å². The lowest BCUT2D eigenvalue weighted by atomic mass is 9.99. The molecule has 1 aromatic carbocycles. The van der Waals surface area contributed by atoms with Gasteiger partial charge >= 0.3 is 0 Å². The van der Waals surface area contributed by atoms with Crippen molar-refractivity contribution >= 4 is 21.7 Å². The number of rotatable bonds is 2. The van der Waals surface area contributed by atoms with Crippen molar-refractivity contribution in [1.29, 1.82) is 0 Å². The number of hydrogen-bond acceptors (Lipinski definition) is 3. The summed E-state index contributed by atoms with van der Waals surface area (Å²) in [6, 6.07) is 3.17. The maximum Gasteiger partial charge on any atom is 0.280 e. The van der Waals surface area contributed by atoms with Crippen LogP contribution in [0.1, 0.15) is 35.3 Å². The Bertz CT molecular complexity index is 704. The smallest absolute Gasteiger partial charge is 0.280 e. The summed E-state index contributed by atoms with van der Waals surface area (Å²) in [5.41, 5.74) is 12.2. The predicted octanol–water partition coefficient (Wildman–Crippen LogP) is 0.381. The van der Waals surface area contributed by atoms with Crippen LogP contribution in [0.25, 0.3) is 0 Å². The lowest BCUT2D eigenvalue weighted by molar-refractivity contribution is 0.100. The van der Waals surface area contributed by atoms with Crippen molar-refractivity contribution in [3.05, 3.63) is 28.8 Å². The average Bonchev–Trinajstić information content (AvgIpc) is 2.57. The standard InChI is InChI=1S/C13H17N3O3S/c1-3-8-5-9-4-7(2)20(18,19)11(9)6-10(8)12(17)16-13(14)15/h5-7H,3-4H2,1-2H3,(H4,14,15,16,17). The lowest BCUT2D eigenvalue weighted by Crippen LogP contribution is -2.24. The van der Waals surface area contributed by atoms with Crippen molar-refractivity contribution < 1.29 is 13.2 Å². The normalized spacial score (nSPS) is 19.4. The second kappa shape index (κ2) is 4.90. The van der Waals surface area contributed by atoms with Crippen LogP contribution in [0, 0.1) is 0 Å². The van der Waals surface area contributed by atoms with E-state index in [2.05, 4.69) is 4.99 Å². The van der Waals surface area contributed by atoms with Crippen LogP contribution in [-0.2, 0) is 22.7 Å². The quantitative estimate of drug-likeness (QED) is 0.604. The minimum atomic E-state index is -3.36. The summed E-state index contributed by atoms with van der Waals surface area (Å²) in [5.74, 6) is -0.951. The number of benzene rings is 1. The molecular formula is C13H17N3O3S. The fraction of sp³-hybridized carbons (Fsp3) is 0.385. The van der Waals surface area contributed by atoms with Crippen LogP contribution in [-0.4, -0.2) is 25.5 Å². The first-order valence-corrected chi connectivity index (χ1v) is 7.85. The van der Waals surface area contributed by atoms with Gasteiger partial charge in [-0.15, -0.1) is 0 Å². The number of sulfone groups is 1. The molecule has 0 aliphatic carbocycles. The minimum absolute atomic E-state index is 0.219. The van der Waals surface area contributed by atoms with E-state index in [1.165, 1.54) is 6.07 Å². The number of amides is 1. The Morgan fingerprint density at radius 3 is 2.60 bits per heavy atom. The molecule has 0 radical (unpaired) electrons. The van der Waals surface area contributed by atoms with Gasteiger partial charge < -0.3 is 11.5 Å². The number of hydrogen-bond donors (Lipinski definition) is 2. The Kier molecular flexibility index (Phi) is 3.56. The van der Waals surface area contributed by atoms with Gasteiger partial charge in [0.05, 0.1) is 10.1 Å². The molecule has 4 N–H and O–H groups in total. The van der Waals surface area contributed by atoms with E-state index in [1.54, 1.807) is 13.0 Å². The van der Waals surface area contributed by atoms with Crippen LogP contribution in [0.3, 0.4) is 0 Å². The summed E-state index contributed by atoms with van der Waals surface area (Å²) in [5, 5.41) is -0.462. The molecule has 7 heteroatoms. The zero-order valence-electron chi connectivity index (χ0n) is 11.4. The van der Waals surface area contributed by atoms with Crippen LogP contribution in [0.2, 0.25) is 0 Å². The Hall–Kier alpha value is -1.89. The number of nitrogens with two attached hydrogens (primary N) is 2. The second-order valence-corrected chi connectivity index (χ2v) is 7.21. The zero-order chi connectivity index (χ0) is 15.1. The van der Waals surface area contributed by atoms with E-state index in [0.29, 0.717) is 12.8 Å². The molecule has 1 amide bonds. The van der Waals surface area contributed by atoms with Crippen molar-refractivity contribution in [3.8, 4) is 0 Å². The van der Waals surface area contributed by atoms with Crippen molar-refractivity contribution in [2.45, 2.75) is 36.8 Å². The van der Waals surface area contributed by atoms with Crippen LogP contribution >= 0.6 is 0 Å². The van der Waals surface area contributed by atoms with Gasteiger partial charge in [-0.1, -0.05) is 13.0 Å². The highest BCUT2D eigenvalue weighted by Crippen LogP contribution is 2.33. The molecule has 20 heavy (non-hydrogen) atoms. The van der Waals surface area contributed by atoms with E-state index < -0.39 is 21.0 Å². The van der Waals surface area contributed by atoms with Crippen LogP contribution in [0.5, 0.6) is 0 Å². The number of aryl methyl sites for hydroxylation is 1. The number of nitrogens with zero attached hydrogens (tertiary/aromatic N) is 1. The molecule has 0 bridgehead atoms. The molecule has 1 aliphatic rings. The van der Waals surface area contributed by atoms with Gasteiger partial charge in [0.1, 0.15) is 0 Å². The van der Waals surface area contributed by atoms with Gasteiger partial charge in [0.25, 0.3) is 5.91 Å². The SMILES string of the molecule is CCc1cc2c(cc1C(=O)N=C(N)N)S(=O)(=O)C(C)C2. The molecule has 0 fully saturated rings. The number of fused-ring (bicyclic) bond motifs is 1. The summed E-state index contributed by atoms with van der Waals surface area (Å²) in [7, 11) is -3.36. The molecule has 108 valence electrons. The first-order valence-electron chi connectivity index (χ1n) is 6.31. The lowest BCUT2D eigenvalue weighted by Gasteiger charge is -2.08. The summed E-state index contributed by atoms with van der Waals surface area (Å²) in [6.45, 7) is 3.55. The summed E-state index contributed by atoms with van der Waals surface area (Å²) >= 11 is 0. The molecule has 1 aromatic rings. The Labute approximate surface area is 117 Å². The maximum atomic E-state index is 12.2. The van der Waals surface area contributed by atoms with Gasteiger partial charge in [0, 0.05) is 5.56 Å². The van der Waals surface area contributed by atoms with Crippen molar-refractivity contribution in [1.82, 2.24) is 0 Å². The van der Waals surface area contributed by atoms with Crippen molar-refractivity contribution in [2.24, 2.45) is 16.5 Å². The molecule has 6 nitrogen and oxygen atoms in total. The predicted molar refractivity (Wildman–Crippen MR) is 76.3 cm³/mol. The Morgan fingerprint density at radius 2 is 2.05 bits per heavy atom. The highest BCUT2D eigenvalue weighted by Gasteiger charge is 2.35. The van der Waals surface area contributed by atoms with E-state index >= 15 is 0 Å². The van der Waals surface area contributed by atoms with Gasteiger partial charge in [-0.05, 0) is 37.0 Å². The molecule has 0 aromatic heterocycles. The highest BCUT2D eigenvalue weighted by molar-refractivity contribution is 7.92. The zero-order valence-corrected chi connectivity index (χ0v) is 12.2. The summed E-state index contributed by atoms with van der Waals surface area (Å²) < 4.78 is 24.4. The van der Waals surface area contributed by atoms with Crippen molar-refractivity contribution in [3.63, 3.8) is 0 Å². The molecular weight excluding hydrogens is 278 g/mol. The molecule has 1 aliphatic heterocycles. The molecule has 2 rings (SSSR count). The molecule has 1 unspecified atom stereocenters. The van der Waals surface area contributed by atoms with Crippen LogP contribution < -0.4 is 11.5 Å². The third-order valence-electron chi connectivity index (χ3n) is 3.47. The molecule has 1 heterocycles. The number of carbonyl (C=O) groups is 1. The van der Waals surface area contributed by atoms with Crippen molar-refractivity contribution in [2.75, 3.05) is 0 Å². The highest BCUT2D eigenvalue weighted by atomic mass is 32.2. The van der Waals surface area contributed by atoms with E-state index in [0.717, 1.165) is 11.1 Å². The molecule has 0 spiro atoms. The Balaban J connectivity index is 2.64. The first-order chi connectivity index (χ1) is 9.27. The Morgan fingerprint density at radius 1 is 1.40 bits per heavy atom. The van der Waals surface area contributed by atoms with E-state index in [-0.39, 0.29) is 16.4 Å². The number of guanidine groups is 1. The van der Waals surface area contributed by atoms with Gasteiger partial charge in [-0.25, -0.2) is 8.42 Å². The van der Waals surface area contributed by atoms with Crippen LogP contribution in [0.4, 0.5) is 0 Å². The third-order valence-corrected chi connectivity index (χ3v) is 5.69. The third kappa shape index (κ3) is 2.29. The average molecular weight is 295 g/mol. The number of aliphatic imine (C=N–C) groups is 1. The number of carbonyl (C=O) groups excluding carboxylic acids is 1. The second-order valence-electron chi connectivity index (χ2n) is 4.87. The first kappa shape index (κ1) is 14.5. The van der Waals surface area contributed by atoms with Gasteiger partial charge in [0.2, 0.25) is 0 Å². The monoisotopic (exact) mass is 295 g/mol. The molecule has 1 atom stereocenters. The van der Waals surface area contributed by atoms with Gasteiger partial charge in [0.15, 0.2) is 15.8 Å². The van der Waals surface area contributed by atoms with Gasteiger partial charge in [-0.2, -0.15) is 4.99 Å². The fourth-order valence-electron chi connectivity index (χ4n) is 2.41. The fourth-order valence-corrected chi connectivity index (χ4v) is 4.03. The topological polar surface area (TPSA) is 116 Å². The molecule has 0 saturated heterocycles. The van der Waals surface area contributed by atoms with E-state index in [9.17, 15) is 13.2 Å². The maximum absolute atomic E-state index is 12.2. The van der Waals surface area contributed by atoms with Gasteiger partial charge in [-0.3, -0.25) is 4.79 Å².